The van der Waals surface area contributed by atoms with Gasteiger partial charge >= 0.3 is 0 Å². The second-order valence-electron chi connectivity index (χ2n) is 7.26. The normalized spacial score (nSPS) is 16.2. The van der Waals surface area contributed by atoms with E-state index in [2.05, 4.69) is 0 Å². The molecule has 2 aliphatic heterocycles. The van der Waals surface area contributed by atoms with Gasteiger partial charge in [-0.3, -0.25) is 9.59 Å². The fourth-order valence-corrected chi connectivity index (χ4v) is 3.69. The zero-order chi connectivity index (χ0) is 19.8. The van der Waals surface area contributed by atoms with Crippen LogP contribution in [0.3, 0.4) is 0 Å². The Morgan fingerprint density at radius 3 is 2.86 bits per heavy atom. The Morgan fingerprint density at radius 1 is 1.32 bits per heavy atom. The van der Waals surface area contributed by atoms with Crippen LogP contribution in [0.5, 0.6) is 11.5 Å². The van der Waals surface area contributed by atoms with Gasteiger partial charge in [0.25, 0.3) is 5.91 Å². The van der Waals surface area contributed by atoms with E-state index in [4.69, 9.17) is 21.1 Å². The molecule has 4 rings (SSSR count). The zero-order valence-corrected chi connectivity index (χ0v) is 16.1. The van der Waals surface area contributed by atoms with E-state index in [1.54, 1.807) is 4.90 Å². The second-order valence-corrected chi connectivity index (χ2v) is 7.67. The molecule has 2 aromatic carbocycles. The minimum Gasteiger partial charge on any atom is -0.492 e. The molecular formula is C21H19ClFNO4. The van der Waals surface area contributed by atoms with Gasteiger partial charge in [-0.25, -0.2) is 4.39 Å². The number of Topliss-reactive ketones (excluding diaryl/α,β-unsaturated/α-hetero) is 1. The van der Waals surface area contributed by atoms with E-state index in [9.17, 15) is 14.0 Å². The molecule has 28 heavy (non-hydrogen) atoms. The highest BCUT2D eigenvalue weighted by atomic mass is 35.5. The van der Waals surface area contributed by atoms with Crippen LogP contribution >= 0.6 is 11.6 Å². The van der Waals surface area contributed by atoms with Crippen molar-refractivity contribution in [1.82, 2.24) is 4.90 Å². The number of ether oxygens (including phenoxy) is 2. The van der Waals surface area contributed by atoms with Crippen LogP contribution in [0.2, 0.25) is 5.02 Å². The summed E-state index contributed by atoms with van der Waals surface area (Å²) in [5.74, 6) is -0.00603. The van der Waals surface area contributed by atoms with Crippen LogP contribution in [-0.4, -0.2) is 42.9 Å². The minimum absolute atomic E-state index is 0.0296. The molecule has 0 saturated carbocycles. The number of benzene rings is 2. The number of aryl methyl sites for hydroxylation is 1. The number of carbonyl (C=O) groups is 2. The van der Waals surface area contributed by atoms with Gasteiger partial charge in [0, 0.05) is 37.1 Å². The number of carbonyl (C=O) groups excluding carboxylic acids is 2. The van der Waals surface area contributed by atoms with Gasteiger partial charge in [-0.05, 0) is 30.7 Å². The molecule has 0 bridgehead atoms. The Bertz CT molecular complexity index is 956. The van der Waals surface area contributed by atoms with Gasteiger partial charge < -0.3 is 14.4 Å². The van der Waals surface area contributed by atoms with Crippen LogP contribution < -0.4 is 9.47 Å². The lowest BCUT2D eigenvalue weighted by Crippen LogP contribution is -2.52. The van der Waals surface area contributed by atoms with Gasteiger partial charge in [0.1, 0.15) is 23.9 Å². The number of fused-ring (bicyclic) bond motifs is 1. The molecule has 0 aromatic heterocycles. The largest absolute Gasteiger partial charge is 0.492 e. The number of hydrogen-bond acceptors (Lipinski definition) is 4. The summed E-state index contributed by atoms with van der Waals surface area (Å²) in [6.45, 7) is 3.29. The third-order valence-electron chi connectivity index (χ3n) is 4.96. The maximum absolute atomic E-state index is 14.3. The van der Waals surface area contributed by atoms with Crippen molar-refractivity contribution in [3.05, 3.63) is 57.9 Å². The van der Waals surface area contributed by atoms with E-state index in [1.807, 2.05) is 25.1 Å². The fourth-order valence-electron chi connectivity index (χ4n) is 3.40. The van der Waals surface area contributed by atoms with E-state index >= 15 is 0 Å². The predicted octanol–water partition coefficient (Wildman–Crippen LogP) is 3.44. The Kier molecular flexibility index (Phi) is 4.98. The average Bonchev–Trinajstić information content (AvgIpc) is 2.61. The Hall–Kier alpha value is -2.60. The Balaban J connectivity index is 1.36. The molecule has 1 fully saturated rings. The van der Waals surface area contributed by atoms with E-state index in [-0.39, 0.29) is 36.2 Å². The van der Waals surface area contributed by atoms with Crippen LogP contribution in [0.4, 0.5) is 4.39 Å². The summed E-state index contributed by atoms with van der Waals surface area (Å²) in [6.07, 6.45) is 0.156. The monoisotopic (exact) mass is 403 g/mol. The second kappa shape index (κ2) is 7.43. The summed E-state index contributed by atoms with van der Waals surface area (Å²) in [5, 5.41) is 0.556. The number of halogens is 2. The molecule has 0 radical (unpaired) electrons. The summed E-state index contributed by atoms with van der Waals surface area (Å²) in [4.78, 5) is 25.7. The van der Waals surface area contributed by atoms with Crippen LogP contribution in [0.25, 0.3) is 0 Å². The SMILES string of the molecule is Cc1ccc(OCC2CN(C(=O)c3cc4c(cc3F)OCC(=O)C4)C2)c(Cl)c1. The van der Waals surface area contributed by atoms with Gasteiger partial charge in [0.2, 0.25) is 0 Å². The molecule has 0 atom stereocenters. The first-order valence-corrected chi connectivity index (χ1v) is 9.43. The molecule has 5 nitrogen and oxygen atoms in total. The first-order valence-electron chi connectivity index (χ1n) is 9.06. The third kappa shape index (κ3) is 3.69. The van der Waals surface area contributed by atoms with Crippen LogP contribution in [-0.2, 0) is 11.2 Å². The summed E-state index contributed by atoms with van der Waals surface area (Å²) in [7, 11) is 0. The number of hydrogen-bond donors (Lipinski definition) is 0. The predicted molar refractivity (Wildman–Crippen MR) is 102 cm³/mol. The van der Waals surface area contributed by atoms with Gasteiger partial charge in [-0.2, -0.15) is 0 Å². The summed E-state index contributed by atoms with van der Waals surface area (Å²) < 4.78 is 25.3. The first kappa shape index (κ1) is 18.7. The van der Waals surface area contributed by atoms with Gasteiger partial charge in [-0.1, -0.05) is 17.7 Å². The number of ketones is 1. The molecule has 2 aliphatic rings. The molecule has 0 N–H and O–H groups in total. The lowest BCUT2D eigenvalue weighted by Gasteiger charge is -2.39. The van der Waals surface area contributed by atoms with Crippen molar-refractivity contribution in [2.24, 2.45) is 5.92 Å². The molecule has 2 aromatic rings. The Morgan fingerprint density at radius 2 is 2.11 bits per heavy atom. The van der Waals surface area contributed by atoms with E-state index in [1.165, 1.54) is 12.1 Å². The average molecular weight is 404 g/mol. The van der Waals surface area contributed by atoms with Crippen molar-refractivity contribution in [1.29, 1.82) is 0 Å². The topological polar surface area (TPSA) is 55.8 Å². The summed E-state index contributed by atoms with van der Waals surface area (Å²) in [6, 6.07) is 8.20. The zero-order valence-electron chi connectivity index (χ0n) is 15.3. The maximum atomic E-state index is 14.3. The number of rotatable bonds is 4. The van der Waals surface area contributed by atoms with Gasteiger partial charge in [-0.15, -0.1) is 0 Å². The van der Waals surface area contributed by atoms with E-state index in [0.717, 1.165) is 5.56 Å². The maximum Gasteiger partial charge on any atom is 0.256 e. The Labute approximate surface area is 167 Å². The van der Waals surface area contributed by atoms with Crippen molar-refractivity contribution in [3.8, 4) is 11.5 Å². The van der Waals surface area contributed by atoms with E-state index < -0.39 is 5.82 Å². The molecule has 146 valence electrons. The molecule has 7 heteroatoms. The lowest BCUT2D eigenvalue weighted by atomic mass is 9.97. The molecule has 0 spiro atoms. The molecule has 1 amide bonds. The van der Waals surface area contributed by atoms with Crippen molar-refractivity contribution in [2.45, 2.75) is 13.3 Å². The molecular weight excluding hydrogens is 385 g/mol. The van der Waals surface area contributed by atoms with Gasteiger partial charge in [0.15, 0.2) is 5.78 Å². The number of likely N-dealkylation sites (tertiary alicyclic amines) is 1. The number of nitrogens with zero attached hydrogens (tertiary/aromatic N) is 1. The fraction of sp³-hybridized carbons (Fsp3) is 0.333. The van der Waals surface area contributed by atoms with Crippen molar-refractivity contribution < 1.29 is 23.5 Å². The molecule has 0 aliphatic carbocycles. The number of amides is 1. The van der Waals surface area contributed by atoms with E-state index in [0.29, 0.717) is 41.8 Å². The van der Waals surface area contributed by atoms with Crippen molar-refractivity contribution in [2.75, 3.05) is 26.3 Å². The van der Waals surface area contributed by atoms with Gasteiger partial charge in [0.05, 0.1) is 17.2 Å². The van der Waals surface area contributed by atoms with Crippen LogP contribution in [0.1, 0.15) is 21.5 Å². The van der Waals surface area contributed by atoms with Crippen molar-refractivity contribution in [3.63, 3.8) is 0 Å². The first-order chi connectivity index (χ1) is 13.4. The van der Waals surface area contributed by atoms with Crippen LogP contribution in [0, 0.1) is 18.7 Å². The lowest BCUT2D eigenvalue weighted by molar-refractivity contribution is -0.121. The van der Waals surface area contributed by atoms with Crippen molar-refractivity contribution >= 4 is 23.3 Å². The van der Waals surface area contributed by atoms with Crippen LogP contribution in [0.15, 0.2) is 30.3 Å². The third-order valence-corrected chi connectivity index (χ3v) is 5.26. The minimum atomic E-state index is -0.635. The molecule has 1 saturated heterocycles. The molecule has 2 heterocycles. The highest BCUT2D eigenvalue weighted by Gasteiger charge is 2.34. The highest BCUT2D eigenvalue weighted by Crippen LogP contribution is 2.30. The standard InChI is InChI=1S/C21H19ClFNO4/c1-12-2-3-19(17(22)4-12)27-10-13-8-24(9-13)21(26)16-6-14-5-15(25)11-28-20(14)7-18(16)23/h2-4,6-7,13H,5,8-11H2,1H3. The smallest absolute Gasteiger partial charge is 0.256 e. The molecule has 0 unspecified atom stereocenters. The highest BCUT2D eigenvalue weighted by molar-refractivity contribution is 6.32. The summed E-state index contributed by atoms with van der Waals surface area (Å²) in [5.41, 5.74) is 1.57. The quantitative estimate of drug-likeness (QED) is 0.784. The summed E-state index contributed by atoms with van der Waals surface area (Å²) >= 11 is 6.15.